The molecule has 7 heteroatoms. The second kappa shape index (κ2) is 7.08. The molecule has 2 N–H and O–H groups in total. The number of hydrogen-bond acceptors (Lipinski definition) is 5. The van der Waals surface area contributed by atoms with E-state index in [1.165, 1.54) is 4.68 Å². The Morgan fingerprint density at radius 3 is 2.68 bits per heavy atom. The Morgan fingerprint density at radius 2 is 2.21 bits per heavy atom. The molecule has 0 bridgehead atoms. The van der Waals surface area contributed by atoms with Crippen molar-refractivity contribution in [3.63, 3.8) is 0 Å². The van der Waals surface area contributed by atoms with Crippen LogP contribution in [-0.4, -0.2) is 32.5 Å². The SMILES string of the molecule is CCCc1nn(C)c(NC(CC)CCO)c1[N+](=O)[O-]. The minimum absolute atomic E-state index is 0.00794. The second-order valence-electron chi connectivity index (χ2n) is 4.54. The van der Waals surface area contributed by atoms with Gasteiger partial charge in [-0.2, -0.15) is 5.10 Å². The Hall–Kier alpha value is -1.63. The lowest BCUT2D eigenvalue weighted by atomic mass is 10.1. The first-order valence-corrected chi connectivity index (χ1v) is 6.62. The van der Waals surface area contributed by atoms with Gasteiger partial charge in [0.1, 0.15) is 5.69 Å². The van der Waals surface area contributed by atoms with Crippen molar-refractivity contribution in [1.29, 1.82) is 0 Å². The monoisotopic (exact) mass is 270 g/mol. The molecule has 19 heavy (non-hydrogen) atoms. The van der Waals surface area contributed by atoms with Gasteiger partial charge in [0.15, 0.2) is 0 Å². The zero-order chi connectivity index (χ0) is 14.4. The van der Waals surface area contributed by atoms with Gasteiger partial charge in [-0.25, -0.2) is 4.68 Å². The standard InChI is InChI=1S/C12H22N4O3/c1-4-6-10-11(16(18)19)12(15(3)14-10)13-9(5-2)7-8-17/h9,13,17H,4-8H2,1-3H3. The van der Waals surface area contributed by atoms with E-state index in [1.54, 1.807) is 7.05 Å². The van der Waals surface area contributed by atoms with E-state index in [-0.39, 0.29) is 23.3 Å². The number of aromatic nitrogens is 2. The highest BCUT2D eigenvalue weighted by atomic mass is 16.6. The van der Waals surface area contributed by atoms with Crippen LogP contribution in [0.1, 0.15) is 38.8 Å². The van der Waals surface area contributed by atoms with Crippen molar-refractivity contribution >= 4 is 11.5 Å². The number of nitro groups is 1. The summed E-state index contributed by atoms with van der Waals surface area (Å²) in [5.41, 5.74) is 0.567. The summed E-state index contributed by atoms with van der Waals surface area (Å²) in [4.78, 5) is 10.8. The van der Waals surface area contributed by atoms with Gasteiger partial charge in [0.05, 0.1) is 4.92 Å². The van der Waals surface area contributed by atoms with Crippen molar-refractivity contribution in [1.82, 2.24) is 9.78 Å². The number of rotatable bonds is 8. The van der Waals surface area contributed by atoms with Crippen molar-refractivity contribution in [2.45, 2.75) is 45.6 Å². The molecule has 7 nitrogen and oxygen atoms in total. The molecule has 0 saturated carbocycles. The third-order valence-electron chi connectivity index (χ3n) is 3.07. The Bertz CT molecular complexity index is 431. The van der Waals surface area contributed by atoms with Gasteiger partial charge in [-0.1, -0.05) is 20.3 Å². The van der Waals surface area contributed by atoms with E-state index in [0.29, 0.717) is 24.4 Å². The summed E-state index contributed by atoms with van der Waals surface area (Å²) >= 11 is 0. The summed E-state index contributed by atoms with van der Waals surface area (Å²) in [6.45, 7) is 3.99. The van der Waals surface area contributed by atoms with Crippen LogP contribution in [0.4, 0.5) is 11.5 Å². The minimum Gasteiger partial charge on any atom is -0.396 e. The molecule has 0 aliphatic carbocycles. The minimum atomic E-state index is -0.383. The molecule has 0 spiro atoms. The third-order valence-corrected chi connectivity index (χ3v) is 3.07. The maximum absolute atomic E-state index is 11.2. The third kappa shape index (κ3) is 3.66. The number of hydrogen-bond donors (Lipinski definition) is 2. The van der Waals surface area contributed by atoms with Crippen molar-refractivity contribution < 1.29 is 10.0 Å². The van der Waals surface area contributed by atoms with Gasteiger partial charge in [0, 0.05) is 19.7 Å². The molecule has 1 aromatic heterocycles. The molecule has 108 valence electrons. The molecule has 0 saturated heterocycles. The molecule has 1 atom stereocenters. The molecule has 1 aromatic rings. The first-order chi connectivity index (χ1) is 9.04. The molecule has 0 aliphatic heterocycles. The Kier molecular flexibility index (Phi) is 5.75. The van der Waals surface area contributed by atoms with Crippen LogP contribution in [0.3, 0.4) is 0 Å². The quantitative estimate of drug-likeness (QED) is 0.555. The van der Waals surface area contributed by atoms with Gasteiger partial charge in [-0.3, -0.25) is 10.1 Å². The first kappa shape index (κ1) is 15.4. The van der Waals surface area contributed by atoms with Crippen LogP contribution >= 0.6 is 0 Å². The lowest BCUT2D eigenvalue weighted by Crippen LogP contribution is -2.22. The molecule has 0 aromatic carbocycles. The maximum atomic E-state index is 11.2. The van der Waals surface area contributed by atoms with Crippen LogP contribution in [0.15, 0.2) is 0 Å². The molecular weight excluding hydrogens is 248 g/mol. The van der Waals surface area contributed by atoms with E-state index in [4.69, 9.17) is 5.11 Å². The first-order valence-electron chi connectivity index (χ1n) is 6.62. The largest absolute Gasteiger partial charge is 0.396 e. The van der Waals surface area contributed by atoms with E-state index in [2.05, 4.69) is 10.4 Å². The van der Waals surface area contributed by atoms with Crippen LogP contribution in [0, 0.1) is 10.1 Å². The smallest absolute Gasteiger partial charge is 0.333 e. The molecule has 1 heterocycles. The van der Waals surface area contributed by atoms with Crippen LogP contribution < -0.4 is 5.32 Å². The van der Waals surface area contributed by atoms with E-state index >= 15 is 0 Å². The maximum Gasteiger partial charge on any atom is 0.333 e. The molecular formula is C12H22N4O3. The zero-order valence-corrected chi connectivity index (χ0v) is 11.7. The molecule has 0 aliphatic rings. The second-order valence-corrected chi connectivity index (χ2v) is 4.54. The predicted octanol–water partition coefficient (Wildman–Crippen LogP) is 1.85. The highest BCUT2D eigenvalue weighted by Crippen LogP contribution is 2.30. The van der Waals surface area contributed by atoms with Crippen LogP contribution in [0.5, 0.6) is 0 Å². The molecule has 0 amide bonds. The Morgan fingerprint density at radius 1 is 1.53 bits per heavy atom. The van der Waals surface area contributed by atoms with Gasteiger partial charge in [0.25, 0.3) is 0 Å². The van der Waals surface area contributed by atoms with Crippen LogP contribution in [-0.2, 0) is 13.5 Å². The van der Waals surface area contributed by atoms with Gasteiger partial charge in [0.2, 0.25) is 5.82 Å². The fourth-order valence-corrected chi connectivity index (χ4v) is 2.05. The molecule has 1 rings (SSSR count). The zero-order valence-electron chi connectivity index (χ0n) is 11.7. The lowest BCUT2D eigenvalue weighted by Gasteiger charge is -2.16. The highest BCUT2D eigenvalue weighted by molar-refractivity contribution is 5.60. The Balaban J connectivity index is 3.07. The van der Waals surface area contributed by atoms with Crippen LogP contribution in [0.2, 0.25) is 0 Å². The summed E-state index contributed by atoms with van der Waals surface area (Å²) in [5.74, 6) is 0.425. The highest BCUT2D eigenvalue weighted by Gasteiger charge is 2.27. The van der Waals surface area contributed by atoms with Crippen molar-refractivity contribution in [2.24, 2.45) is 7.05 Å². The predicted molar refractivity (Wildman–Crippen MR) is 73.3 cm³/mol. The fourth-order valence-electron chi connectivity index (χ4n) is 2.05. The van der Waals surface area contributed by atoms with E-state index in [1.807, 2.05) is 13.8 Å². The Labute approximate surface area is 112 Å². The number of aryl methyl sites for hydroxylation is 2. The molecule has 0 radical (unpaired) electrons. The van der Waals surface area contributed by atoms with E-state index < -0.39 is 0 Å². The molecule has 0 fully saturated rings. The number of nitrogens with one attached hydrogen (secondary N) is 1. The average molecular weight is 270 g/mol. The van der Waals surface area contributed by atoms with Crippen LogP contribution in [0.25, 0.3) is 0 Å². The van der Waals surface area contributed by atoms with Gasteiger partial charge >= 0.3 is 5.69 Å². The van der Waals surface area contributed by atoms with E-state index in [9.17, 15) is 10.1 Å². The van der Waals surface area contributed by atoms with Gasteiger partial charge in [-0.05, 0) is 19.3 Å². The van der Waals surface area contributed by atoms with Gasteiger partial charge < -0.3 is 10.4 Å². The molecule has 1 unspecified atom stereocenters. The normalized spacial score (nSPS) is 12.4. The van der Waals surface area contributed by atoms with Crippen molar-refractivity contribution in [2.75, 3.05) is 11.9 Å². The number of aliphatic hydroxyl groups is 1. The van der Waals surface area contributed by atoms with E-state index in [0.717, 1.165) is 12.8 Å². The summed E-state index contributed by atoms with van der Waals surface area (Å²) in [6, 6.07) is 0.00794. The van der Waals surface area contributed by atoms with Crippen molar-refractivity contribution in [3.05, 3.63) is 15.8 Å². The average Bonchev–Trinajstić information content (AvgIpc) is 2.65. The fraction of sp³-hybridized carbons (Fsp3) is 0.750. The van der Waals surface area contributed by atoms with Gasteiger partial charge in [-0.15, -0.1) is 0 Å². The number of anilines is 1. The summed E-state index contributed by atoms with van der Waals surface area (Å²) in [7, 11) is 1.69. The summed E-state index contributed by atoms with van der Waals surface area (Å²) in [5, 5.41) is 27.6. The topological polar surface area (TPSA) is 93.2 Å². The summed E-state index contributed by atoms with van der Waals surface area (Å²) in [6.07, 6.45) is 2.74. The number of aliphatic hydroxyl groups excluding tert-OH is 1. The van der Waals surface area contributed by atoms with Crippen molar-refractivity contribution in [3.8, 4) is 0 Å². The summed E-state index contributed by atoms with van der Waals surface area (Å²) < 4.78 is 1.52. The number of nitrogens with zero attached hydrogens (tertiary/aromatic N) is 3. The lowest BCUT2D eigenvalue weighted by molar-refractivity contribution is -0.384.